The van der Waals surface area contributed by atoms with Gasteiger partial charge >= 0.3 is 6.18 Å². The van der Waals surface area contributed by atoms with Crippen LogP contribution in [0.1, 0.15) is 15.9 Å². The maximum absolute atomic E-state index is 13.5. The highest BCUT2D eigenvalue weighted by Gasteiger charge is 2.35. The third-order valence-electron chi connectivity index (χ3n) is 2.14. The third kappa shape index (κ3) is 3.43. The summed E-state index contributed by atoms with van der Waals surface area (Å²) >= 11 is 0. The summed E-state index contributed by atoms with van der Waals surface area (Å²) in [6, 6.07) is 2.56. The first-order chi connectivity index (χ1) is 8.38. The number of rotatable bonds is 4. The van der Waals surface area contributed by atoms with Crippen LogP contribution in [-0.4, -0.2) is 26.2 Å². The van der Waals surface area contributed by atoms with Crippen molar-refractivity contribution in [3.05, 3.63) is 35.1 Å². The van der Waals surface area contributed by atoms with E-state index in [9.17, 15) is 22.4 Å². The molecule has 0 heterocycles. The molecule has 0 unspecified atom stereocenters. The Morgan fingerprint density at radius 1 is 1.39 bits per heavy atom. The van der Waals surface area contributed by atoms with Gasteiger partial charge in [0.2, 0.25) is 0 Å². The smallest absolute Gasteiger partial charge is 0.383 e. The minimum Gasteiger partial charge on any atom is -0.383 e. The molecule has 0 aliphatic heterocycles. The van der Waals surface area contributed by atoms with Crippen LogP contribution in [0.4, 0.5) is 17.6 Å². The van der Waals surface area contributed by atoms with Gasteiger partial charge in [-0.15, -0.1) is 0 Å². The van der Waals surface area contributed by atoms with E-state index in [1.54, 1.807) is 0 Å². The fraction of sp³-hybridized carbons (Fsp3) is 0.364. The molecule has 0 fully saturated rings. The Balaban J connectivity index is 2.93. The lowest BCUT2D eigenvalue weighted by molar-refractivity contribution is -0.140. The first-order valence-electron chi connectivity index (χ1n) is 5.00. The van der Waals surface area contributed by atoms with Crippen molar-refractivity contribution in [2.24, 2.45) is 0 Å². The molecule has 18 heavy (non-hydrogen) atoms. The number of carbonyl (C=O) groups excluding carboxylic acids is 1. The van der Waals surface area contributed by atoms with Crippen LogP contribution in [0.2, 0.25) is 0 Å². The number of amides is 1. The molecule has 1 N–H and O–H groups in total. The van der Waals surface area contributed by atoms with Crippen molar-refractivity contribution in [3.8, 4) is 0 Å². The van der Waals surface area contributed by atoms with E-state index >= 15 is 0 Å². The number of ether oxygens (including phenoxy) is 1. The van der Waals surface area contributed by atoms with Gasteiger partial charge in [-0.3, -0.25) is 4.79 Å². The molecule has 0 atom stereocenters. The summed E-state index contributed by atoms with van der Waals surface area (Å²) in [5.41, 5.74) is -2.09. The second kappa shape index (κ2) is 5.81. The van der Waals surface area contributed by atoms with Gasteiger partial charge in [-0.25, -0.2) is 4.39 Å². The van der Waals surface area contributed by atoms with Crippen LogP contribution in [0.3, 0.4) is 0 Å². The minimum absolute atomic E-state index is 0.0883. The minimum atomic E-state index is -4.83. The van der Waals surface area contributed by atoms with Gasteiger partial charge in [0.1, 0.15) is 5.82 Å². The van der Waals surface area contributed by atoms with E-state index in [4.69, 9.17) is 0 Å². The van der Waals surface area contributed by atoms with E-state index in [2.05, 4.69) is 10.1 Å². The number of halogens is 4. The Kier molecular flexibility index (Phi) is 4.66. The first-order valence-corrected chi connectivity index (χ1v) is 5.00. The lowest BCUT2D eigenvalue weighted by atomic mass is 10.1. The molecule has 1 rings (SSSR count). The van der Waals surface area contributed by atoms with E-state index in [1.807, 2.05) is 0 Å². The van der Waals surface area contributed by atoms with Crippen LogP contribution in [0, 0.1) is 5.82 Å². The Bertz CT molecular complexity index is 432. The average Bonchev–Trinajstić information content (AvgIpc) is 2.28. The Labute approximate surface area is 101 Å². The van der Waals surface area contributed by atoms with Crippen LogP contribution >= 0.6 is 0 Å². The van der Waals surface area contributed by atoms with Crippen LogP contribution in [0.25, 0.3) is 0 Å². The largest absolute Gasteiger partial charge is 0.419 e. The molecule has 0 radical (unpaired) electrons. The summed E-state index contributed by atoms with van der Waals surface area (Å²) < 4.78 is 55.4. The summed E-state index contributed by atoms with van der Waals surface area (Å²) in [5, 5.41) is 2.25. The van der Waals surface area contributed by atoms with Gasteiger partial charge in [-0.2, -0.15) is 13.2 Å². The lowest BCUT2D eigenvalue weighted by Gasteiger charge is -2.11. The van der Waals surface area contributed by atoms with Gasteiger partial charge in [0.05, 0.1) is 17.7 Å². The van der Waals surface area contributed by atoms with Gasteiger partial charge in [-0.1, -0.05) is 6.07 Å². The van der Waals surface area contributed by atoms with Crippen molar-refractivity contribution in [1.29, 1.82) is 0 Å². The highest BCUT2D eigenvalue weighted by molar-refractivity contribution is 5.94. The van der Waals surface area contributed by atoms with Crippen molar-refractivity contribution in [3.63, 3.8) is 0 Å². The topological polar surface area (TPSA) is 38.3 Å². The van der Waals surface area contributed by atoms with Gasteiger partial charge in [0.25, 0.3) is 5.91 Å². The molecule has 0 bridgehead atoms. The quantitative estimate of drug-likeness (QED) is 0.669. The lowest BCUT2D eigenvalue weighted by Crippen LogP contribution is -2.28. The van der Waals surface area contributed by atoms with Gasteiger partial charge in [-0.05, 0) is 12.1 Å². The van der Waals surface area contributed by atoms with E-state index in [1.165, 1.54) is 7.11 Å². The van der Waals surface area contributed by atoms with Crippen LogP contribution in [0.5, 0.6) is 0 Å². The molecule has 0 aliphatic rings. The van der Waals surface area contributed by atoms with E-state index < -0.39 is 29.0 Å². The van der Waals surface area contributed by atoms with Crippen LogP contribution < -0.4 is 5.32 Å². The molecule has 0 saturated carbocycles. The number of hydrogen-bond acceptors (Lipinski definition) is 2. The van der Waals surface area contributed by atoms with Crippen LogP contribution in [0.15, 0.2) is 18.2 Å². The molecule has 1 amide bonds. The molecule has 0 aliphatic carbocycles. The van der Waals surface area contributed by atoms with Crippen molar-refractivity contribution >= 4 is 5.91 Å². The molecule has 0 spiro atoms. The summed E-state index contributed by atoms with van der Waals surface area (Å²) in [5.74, 6) is -2.48. The number of carbonyl (C=O) groups is 1. The predicted molar refractivity (Wildman–Crippen MR) is 55.6 cm³/mol. The van der Waals surface area contributed by atoms with Gasteiger partial charge < -0.3 is 10.1 Å². The summed E-state index contributed by atoms with van der Waals surface area (Å²) in [7, 11) is 1.40. The van der Waals surface area contributed by atoms with E-state index in [-0.39, 0.29) is 13.2 Å². The molecule has 7 heteroatoms. The highest BCUT2D eigenvalue weighted by atomic mass is 19.4. The molecule has 3 nitrogen and oxygen atoms in total. The van der Waals surface area contributed by atoms with Crippen molar-refractivity contribution < 1.29 is 27.1 Å². The molecule has 0 saturated heterocycles. The second-order valence-corrected chi connectivity index (χ2v) is 3.41. The van der Waals surface area contributed by atoms with Gasteiger partial charge in [0.15, 0.2) is 0 Å². The first kappa shape index (κ1) is 14.4. The van der Waals surface area contributed by atoms with E-state index in [0.29, 0.717) is 6.07 Å². The summed E-state index contributed by atoms with van der Waals surface area (Å²) in [6.07, 6.45) is -4.83. The fourth-order valence-electron chi connectivity index (χ4n) is 1.29. The molecular weight excluding hydrogens is 254 g/mol. The zero-order valence-corrected chi connectivity index (χ0v) is 9.47. The standard InChI is InChI=1S/C11H11F4NO2/c1-18-6-5-16-10(17)7-3-2-4-8(9(7)12)11(13,14)15/h2-4H,5-6H2,1H3,(H,16,17). The fourth-order valence-corrected chi connectivity index (χ4v) is 1.29. The number of hydrogen-bond donors (Lipinski definition) is 1. The van der Waals surface area contributed by atoms with E-state index in [0.717, 1.165) is 12.1 Å². The molecular formula is C11H11F4NO2. The average molecular weight is 265 g/mol. The number of alkyl halides is 3. The number of benzene rings is 1. The van der Waals surface area contributed by atoms with Crippen molar-refractivity contribution in [2.45, 2.75) is 6.18 Å². The molecule has 0 aromatic heterocycles. The maximum Gasteiger partial charge on any atom is 0.419 e. The Morgan fingerprint density at radius 2 is 2.06 bits per heavy atom. The number of methoxy groups -OCH3 is 1. The molecule has 100 valence electrons. The predicted octanol–water partition coefficient (Wildman–Crippen LogP) is 2.22. The van der Waals surface area contributed by atoms with Gasteiger partial charge in [0, 0.05) is 13.7 Å². The third-order valence-corrected chi connectivity index (χ3v) is 2.14. The second-order valence-electron chi connectivity index (χ2n) is 3.41. The highest BCUT2D eigenvalue weighted by Crippen LogP contribution is 2.32. The van der Waals surface area contributed by atoms with Crippen molar-refractivity contribution in [1.82, 2.24) is 5.32 Å². The molecule has 1 aromatic carbocycles. The zero-order chi connectivity index (χ0) is 13.8. The monoisotopic (exact) mass is 265 g/mol. The normalized spacial score (nSPS) is 11.4. The summed E-state index contributed by atoms with van der Waals surface area (Å²) in [6.45, 7) is 0.275. The SMILES string of the molecule is COCCNC(=O)c1cccc(C(F)(F)F)c1F. The van der Waals surface area contributed by atoms with Crippen LogP contribution in [-0.2, 0) is 10.9 Å². The Hall–Kier alpha value is -1.63. The number of nitrogens with one attached hydrogen (secondary N) is 1. The summed E-state index contributed by atoms with van der Waals surface area (Å²) in [4.78, 5) is 11.4. The Morgan fingerprint density at radius 3 is 2.61 bits per heavy atom. The van der Waals surface area contributed by atoms with Crippen molar-refractivity contribution in [2.75, 3.05) is 20.3 Å². The maximum atomic E-state index is 13.5. The molecule has 1 aromatic rings. The zero-order valence-electron chi connectivity index (χ0n) is 9.47.